The monoisotopic (exact) mass is 430 g/mol. The number of hydrogen-bond donors (Lipinski definition) is 2. The minimum atomic E-state index is -0.300. The lowest BCUT2D eigenvalue weighted by Gasteiger charge is -2.01. The summed E-state index contributed by atoms with van der Waals surface area (Å²) in [5.74, 6) is 0.659. The molecule has 146 valence electrons. The predicted molar refractivity (Wildman–Crippen MR) is 125 cm³/mol. The van der Waals surface area contributed by atoms with E-state index >= 15 is 0 Å². The number of carbonyl (C=O) groups excluding carboxylic acids is 2. The van der Waals surface area contributed by atoms with E-state index in [1.54, 1.807) is 36.4 Å². The maximum atomic E-state index is 10.6. The average Bonchev–Trinajstić information content (AvgIpc) is 2.70. The van der Waals surface area contributed by atoms with E-state index in [0.717, 1.165) is 0 Å². The van der Waals surface area contributed by atoms with Crippen molar-refractivity contribution < 1.29 is 9.59 Å². The molecule has 0 atom stereocenters. The molecule has 0 aromatic heterocycles. The topological polar surface area (TPSA) is 34.1 Å². The lowest BCUT2D eigenvalue weighted by Crippen LogP contribution is -1.88. The summed E-state index contributed by atoms with van der Waals surface area (Å²) in [6.45, 7) is 4.41. The third-order valence-electron chi connectivity index (χ3n) is 3.59. The van der Waals surface area contributed by atoms with E-state index in [-0.39, 0.29) is 10.2 Å². The lowest BCUT2D eigenvalue weighted by molar-refractivity contribution is 0.108. The number of carbonyl (C=O) groups is 2. The second-order valence-corrected chi connectivity index (χ2v) is 7.24. The van der Waals surface area contributed by atoms with Gasteiger partial charge in [-0.15, -0.1) is 25.3 Å². The molecule has 3 aromatic rings. The number of halogens is 1. The van der Waals surface area contributed by atoms with Crippen LogP contribution in [0.3, 0.4) is 0 Å². The Morgan fingerprint density at radius 2 is 1.18 bits per heavy atom. The van der Waals surface area contributed by atoms with Gasteiger partial charge in [-0.3, -0.25) is 9.59 Å². The zero-order chi connectivity index (χ0) is 20.9. The molecule has 0 bridgehead atoms. The number of benzene rings is 3. The largest absolute Gasteiger partial charge is 0.282 e. The van der Waals surface area contributed by atoms with E-state index in [0.29, 0.717) is 22.1 Å². The summed E-state index contributed by atoms with van der Waals surface area (Å²) in [5.41, 5.74) is 2.51. The van der Waals surface area contributed by atoms with Crippen molar-refractivity contribution >= 4 is 47.1 Å². The Labute approximate surface area is 182 Å². The van der Waals surface area contributed by atoms with Crippen molar-refractivity contribution in [1.29, 1.82) is 0 Å². The maximum Gasteiger partial charge on any atom is 0.217 e. The highest BCUT2D eigenvalue weighted by atomic mass is 35.5. The fourth-order valence-corrected chi connectivity index (χ4v) is 2.68. The first kappa shape index (κ1) is 24.0. The van der Waals surface area contributed by atoms with E-state index in [1.165, 1.54) is 5.56 Å². The smallest absolute Gasteiger partial charge is 0.217 e. The maximum absolute atomic E-state index is 10.6. The summed E-state index contributed by atoms with van der Waals surface area (Å²) in [5, 5.41) is -0.0382. The summed E-state index contributed by atoms with van der Waals surface area (Å²) >= 11 is 12.9. The Bertz CT molecular complexity index is 866. The predicted octanol–water partition coefficient (Wildman–Crippen LogP) is 6.98. The average molecular weight is 431 g/mol. The minimum Gasteiger partial charge on any atom is -0.282 e. The molecule has 2 nitrogen and oxygen atoms in total. The summed E-state index contributed by atoms with van der Waals surface area (Å²) in [6.07, 6.45) is 0. The van der Waals surface area contributed by atoms with E-state index < -0.39 is 0 Å². The van der Waals surface area contributed by atoms with E-state index in [1.807, 2.05) is 24.3 Å². The van der Waals surface area contributed by atoms with Crippen molar-refractivity contribution in [2.45, 2.75) is 19.8 Å². The van der Waals surface area contributed by atoms with Gasteiger partial charge in [-0.2, -0.15) is 0 Å². The second-order valence-electron chi connectivity index (χ2n) is 6.02. The molecule has 0 spiro atoms. The fraction of sp³-hybridized carbons (Fsp3) is 0.130. The Morgan fingerprint density at radius 3 is 1.50 bits per heavy atom. The van der Waals surface area contributed by atoms with Crippen LogP contribution in [0.5, 0.6) is 0 Å². The van der Waals surface area contributed by atoms with E-state index in [9.17, 15) is 9.59 Å². The highest BCUT2D eigenvalue weighted by Crippen LogP contribution is 2.16. The van der Waals surface area contributed by atoms with Gasteiger partial charge in [0.05, 0.1) is 5.02 Å². The molecule has 3 aromatic carbocycles. The van der Waals surface area contributed by atoms with Gasteiger partial charge >= 0.3 is 0 Å². The van der Waals surface area contributed by atoms with Gasteiger partial charge in [0.2, 0.25) is 10.2 Å². The molecule has 0 saturated carbocycles. The summed E-state index contributed by atoms with van der Waals surface area (Å²) in [4.78, 5) is 21.2. The summed E-state index contributed by atoms with van der Waals surface area (Å²) < 4.78 is 0. The highest BCUT2D eigenvalue weighted by Gasteiger charge is 2.02. The molecule has 0 amide bonds. The Hall–Kier alpha value is -2.01. The van der Waals surface area contributed by atoms with Crippen LogP contribution in [0.4, 0.5) is 0 Å². The molecule has 28 heavy (non-hydrogen) atoms. The van der Waals surface area contributed by atoms with Crippen LogP contribution in [0.15, 0.2) is 84.9 Å². The molecule has 0 N–H and O–H groups in total. The third-order valence-corrected chi connectivity index (χ3v) is 4.42. The Balaban J connectivity index is 0.000000210. The third kappa shape index (κ3) is 9.27. The van der Waals surface area contributed by atoms with Gasteiger partial charge in [0, 0.05) is 11.1 Å². The van der Waals surface area contributed by atoms with Crippen molar-refractivity contribution in [2.24, 2.45) is 0 Å². The number of thiol groups is 2. The molecule has 3 rings (SSSR count). The molecule has 0 aliphatic rings. The standard InChI is InChI=1S/C9H12.C7H5ClOS.C7H6OS/c1-8(2)9-6-4-3-5-7-9;8-6-4-2-1-3-5(6)7(9)10;8-7(9)6-4-2-1-3-5-6/h3-8H,1-2H3;1-4H,(H,9,10);1-5H,(H,8,9). The molecular formula is C23H23ClO2S2. The van der Waals surface area contributed by atoms with Crippen LogP contribution in [0.25, 0.3) is 0 Å². The van der Waals surface area contributed by atoms with Crippen LogP contribution < -0.4 is 0 Å². The molecular weight excluding hydrogens is 408 g/mol. The Kier molecular flexibility index (Phi) is 11.3. The van der Waals surface area contributed by atoms with Crippen molar-refractivity contribution in [3.8, 4) is 0 Å². The van der Waals surface area contributed by atoms with Gasteiger partial charge in [-0.1, -0.05) is 98.2 Å². The fourth-order valence-electron chi connectivity index (χ4n) is 2.05. The van der Waals surface area contributed by atoms with Crippen LogP contribution >= 0.6 is 36.9 Å². The van der Waals surface area contributed by atoms with Crippen LogP contribution in [0, 0.1) is 0 Å². The Morgan fingerprint density at radius 1 is 0.714 bits per heavy atom. The van der Waals surface area contributed by atoms with Crippen LogP contribution in [-0.2, 0) is 0 Å². The molecule has 0 aliphatic carbocycles. The minimum absolute atomic E-state index is 0.185. The number of hydrogen-bond acceptors (Lipinski definition) is 2. The molecule has 0 fully saturated rings. The summed E-state index contributed by atoms with van der Waals surface area (Å²) in [6, 6.07) is 26.3. The first-order valence-corrected chi connectivity index (χ1v) is 9.91. The van der Waals surface area contributed by atoms with Gasteiger partial charge in [-0.25, -0.2) is 0 Å². The van der Waals surface area contributed by atoms with Crippen molar-refractivity contribution in [1.82, 2.24) is 0 Å². The van der Waals surface area contributed by atoms with Gasteiger partial charge in [0.25, 0.3) is 0 Å². The molecule has 0 unspecified atom stereocenters. The van der Waals surface area contributed by atoms with Crippen molar-refractivity contribution in [2.75, 3.05) is 0 Å². The van der Waals surface area contributed by atoms with Gasteiger partial charge in [-0.05, 0) is 23.6 Å². The van der Waals surface area contributed by atoms with Crippen LogP contribution in [0.2, 0.25) is 5.02 Å². The lowest BCUT2D eigenvalue weighted by atomic mass is 10.0. The van der Waals surface area contributed by atoms with Crippen molar-refractivity contribution in [3.63, 3.8) is 0 Å². The zero-order valence-electron chi connectivity index (χ0n) is 15.7. The molecule has 0 aliphatic heterocycles. The first-order valence-electron chi connectivity index (χ1n) is 8.64. The number of rotatable bonds is 3. The highest BCUT2D eigenvalue weighted by molar-refractivity contribution is 7.97. The van der Waals surface area contributed by atoms with E-state index in [2.05, 4.69) is 63.4 Å². The van der Waals surface area contributed by atoms with Gasteiger partial charge in [0.1, 0.15) is 0 Å². The summed E-state index contributed by atoms with van der Waals surface area (Å²) in [7, 11) is 0. The quantitative estimate of drug-likeness (QED) is 0.439. The van der Waals surface area contributed by atoms with Gasteiger partial charge in [0.15, 0.2) is 0 Å². The van der Waals surface area contributed by atoms with E-state index in [4.69, 9.17) is 11.6 Å². The molecule has 5 heteroatoms. The SMILES string of the molecule is CC(C)c1ccccc1.O=C(S)c1ccccc1.O=C(S)c1ccccc1Cl. The van der Waals surface area contributed by atoms with Crippen molar-refractivity contribution in [3.05, 3.63) is 107 Å². The molecule has 0 saturated heterocycles. The zero-order valence-corrected chi connectivity index (χ0v) is 18.3. The second kappa shape index (κ2) is 13.2. The molecule has 0 heterocycles. The molecule has 0 radical (unpaired) electrons. The van der Waals surface area contributed by atoms with Crippen LogP contribution in [-0.4, -0.2) is 10.2 Å². The van der Waals surface area contributed by atoms with Gasteiger partial charge < -0.3 is 0 Å². The normalized spacial score (nSPS) is 9.50. The first-order chi connectivity index (χ1) is 13.3. The van der Waals surface area contributed by atoms with Crippen LogP contribution in [0.1, 0.15) is 46.0 Å².